The minimum Gasteiger partial charge on any atom is -0.480 e. The molecule has 1 aromatic carbocycles. The number of likely N-dealkylation sites (N-methyl/N-ethyl adjacent to an activating group) is 1. The zero-order valence-corrected chi connectivity index (χ0v) is 21.8. The molecule has 0 spiro atoms. The van der Waals surface area contributed by atoms with E-state index < -0.39 is 23.8 Å². The van der Waals surface area contributed by atoms with Crippen molar-refractivity contribution in [2.45, 2.75) is 18.6 Å². The fraction of sp³-hybridized carbons (Fsp3) is 0.364. The molecule has 0 aromatic heterocycles. The second-order valence-corrected chi connectivity index (χ2v) is 32.7. The fourth-order valence-corrected chi connectivity index (χ4v) is 30.4. The molecule has 0 aliphatic heterocycles. The van der Waals surface area contributed by atoms with Crippen LogP contribution in [-0.4, -0.2) is 24.2 Å². The summed E-state index contributed by atoms with van der Waals surface area (Å²) in [4.78, 5) is 10.7. The van der Waals surface area contributed by atoms with Gasteiger partial charge in [0.1, 0.15) is 6.04 Å². The topological polar surface area (TPSA) is 49.3 Å². The summed E-state index contributed by atoms with van der Waals surface area (Å²) in [6.07, 6.45) is -4.22. The standard InChI is InChI=1S/C11H12F3NO2.H10P8/c1-15-9(10(16)17)6-7-2-4-8(5-3-7)11(12,13)14;1-6(2)8(5)7(3)4/h2-5,9,15H,6H2,1H3,(H,16,17);1-5H2. The van der Waals surface area contributed by atoms with Crippen LogP contribution in [0.5, 0.6) is 0 Å². The molecule has 6 atom stereocenters. The van der Waals surface area contributed by atoms with Crippen LogP contribution in [0.3, 0.4) is 0 Å². The summed E-state index contributed by atoms with van der Waals surface area (Å²) in [7, 11) is 15.9. The molecule has 0 radical (unpaired) electrons. The number of aliphatic carboxylic acids is 1. The molecule has 0 heterocycles. The van der Waals surface area contributed by atoms with Crippen molar-refractivity contribution in [2.75, 3.05) is 7.05 Å². The van der Waals surface area contributed by atoms with Crippen LogP contribution in [0, 0.1) is 0 Å². The van der Waals surface area contributed by atoms with Gasteiger partial charge in [0.05, 0.1) is 5.56 Å². The normalized spacial score (nSPS) is 13.0. The van der Waals surface area contributed by atoms with E-state index in [9.17, 15) is 18.0 Å². The molecule has 2 N–H and O–H groups in total. The van der Waals surface area contributed by atoms with Crippen LogP contribution in [0.2, 0.25) is 0 Å². The molecule has 0 saturated heterocycles. The predicted octanol–water partition coefficient (Wildman–Crippen LogP) is 6.13. The second kappa shape index (κ2) is 13.2. The molecular formula is C11H22F3NO2P8. The lowest BCUT2D eigenvalue weighted by molar-refractivity contribution is -0.139. The van der Waals surface area contributed by atoms with Gasteiger partial charge in [-0.2, -0.15) is 13.2 Å². The van der Waals surface area contributed by atoms with Crippen molar-refractivity contribution >= 4 is 71.6 Å². The summed E-state index contributed by atoms with van der Waals surface area (Å²) < 4.78 is 36.8. The molecule has 0 fully saturated rings. The molecule has 0 aliphatic carbocycles. The van der Waals surface area contributed by atoms with E-state index in [-0.39, 0.29) is 27.4 Å². The highest BCUT2D eigenvalue weighted by Gasteiger charge is 2.30. The third-order valence-electron chi connectivity index (χ3n) is 2.84. The Labute approximate surface area is 161 Å². The highest BCUT2D eigenvalue weighted by atomic mass is 33.1. The van der Waals surface area contributed by atoms with Crippen LogP contribution < -0.4 is 5.32 Å². The average Bonchev–Trinajstić information content (AvgIpc) is 2.51. The van der Waals surface area contributed by atoms with Gasteiger partial charge in [-0.15, -0.1) is 44.6 Å². The van der Waals surface area contributed by atoms with Crippen LogP contribution in [0.15, 0.2) is 24.3 Å². The highest BCUT2D eigenvalue weighted by molar-refractivity contribution is 9.06. The third-order valence-corrected chi connectivity index (χ3v) is 40.7. The van der Waals surface area contributed by atoms with E-state index in [1.54, 1.807) is 0 Å². The lowest BCUT2D eigenvalue weighted by Gasteiger charge is -2.18. The van der Waals surface area contributed by atoms with Crippen molar-refractivity contribution < 1.29 is 23.1 Å². The van der Waals surface area contributed by atoms with E-state index in [1.165, 1.54) is 19.2 Å². The number of hydrogen-bond acceptors (Lipinski definition) is 2. The van der Waals surface area contributed by atoms with Crippen molar-refractivity contribution in [3.05, 3.63) is 35.4 Å². The zero-order valence-electron chi connectivity index (χ0n) is 13.3. The smallest absolute Gasteiger partial charge is 0.416 e. The summed E-state index contributed by atoms with van der Waals surface area (Å²) >= 11 is 0. The van der Waals surface area contributed by atoms with Crippen LogP contribution in [-0.2, 0) is 17.4 Å². The number of rotatable bonds is 6. The van der Waals surface area contributed by atoms with E-state index in [2.05, 4.69) is 50.0 Å². The number of carboxylic acid groups (broad SMARTS) is 1. The summed E-state index contributed by atoms with van der Waals surface area (Å²) in [5.41, 5.74) is -0.197. The number of benzene rings is 1. The summed E-state index contributed by atoms with van der Waals surface area (Å²) in [5, 5.41) is 11.3. The Bertz CT molecular complexity index is 521. The Hall–Kier alpha value is 1.88. The van der Waals surface area contributed by atoms with E-state index >= 15 is 0 Å². The highest BCUT2D eigenvalue weighted by Crippen LogP contribution is 3.00. The first kappa shape index (κ1) is 26.9. The molecule has 0 bridgehead atoms. The maximum atomic E-state index is 12.3. The first-order valence-corrected chi connectivity index (χ1v) is 20.1. The monoisotopic (exact) mass is 505 g/mol. The lowest BCUT2D eigenvalue weighted by atomic mass is 10.0. The molecule has 0 saturated carbocycles. The summed E-state index contributed by atoms with van der Waals surface area (Å²) in [6.45, 7) is 0.494. The largest absolute Gasteiger partial charge is 0.480 e. The molecule has 1 aromatic rings. The zero-order chi connectivity index (χ0) is 19.8. The van der Waals surface area contributed by atoms with Crippen LogP contribution in [0.4, 0.5) is 13.2 Å². The van der Waals surface area contributed by atoms with Gasteiger partial charge in [-0.1, -0.05) is 12.1 Å². The molecule has 0 aliphatic rings. The van der Waals surface area contributed by atoms with E-state index in [0.29, 0.717) is 5.56 Å². The average molecular weight is 505 g/mol. The minimum absolute atomic E-state index is 0.143. The molecule has 3 nitrogen and oxygen atoms in total. The van der Waals surface area contributed by atoms with Gasteiger partial charge in [-0.3, -0.25) is 4.79 Å². The van der Waals surface area contributed by atoms with Crippen molar-refractivity contribution in [3.63, 3.8) is 0 Å². The van der Waals surface area contributed by atoms with Gasteiger partial charge >= 0.3 is 12.1 Å². The van der Waals surface area contributed by atoms with Gasteiger partial charge in [0.25, 0.3) is 0 Å². The Kier molecular flexibility index (Phi) is 14.2. The minimum atomic E-state index is -4.37. The molecule has 6 unspecified atom stereocenters. The number of carbonyl (C=O) groups is 1. The van der Waals surface area contributed by atoms with Crippen molar-refractivity contribution in [3.8, 4) is 0 Å². The quantitative estimate of drug-likeness (QED) is 0.458. The fourth-order valence-electron chi connectivity index (χ4n) is 1.50. The number of alkyl halides is 3. The first-order valence-electron chi connectivity index (χ1n) is 6.60. The maximum absolute atomic E-state index is 12.3. The number of nitrogens with one attached hydrogen (secondary N) is 1. The number of hydrogen-bond donors (Lipinski definition) is 2. The number of carboxylic acids is 1. The Morgan fingerprint density at radius 3 is 1.80 bits per heavy atom. The van der Waals surface area contributed by atoms with E-state index in [1.807, 2.05) is 0 Å². The van der Waals surface area contributed by atoms with Gasteiger partial charge < -0.3 is 10.4 Å². The molecule has 25 heavy (non-hydrogen) atoms. The molecular weight excluding hydrogens is 483 g/mol. The van der Waals surface area contributed by atoms with Crippen molar-refractivity contribution in [1.29, 1.82) is 0 Å². The van der Waals surface area contributed by atoms with Crippen molar-refractivity contribution in [2.24, 2.45) is 0 Å². The van der Waals surface area contributed by atoms with E-state index in [0.717, 1.165) is 12.1 Å². The van der Waals surface area contributed by atoms with Gasteiger partial charge in [0.15, 0.2) is 0 Å². The molecule has 1 rings (SSSR count). The van der Waals surface area contributed by atoms with Gasteiger partial charge in [0, 0.05) is 0 Å². The second-order valence-electron chi connectivity index (χ2n) is 4.66. The summed E-state index contributed by atoms with van der Waals surface area (Å²) in [6, 6.07) is 3.67. The number of halogens is 3. The van der Waals surface area contributed by atoms with Crippen LogP contribution in [0.1, 0.15) is 11.1 Å². The van der Waals surface area contributed by atoms with Crippen molar-refractivity contribution in [1.82, 2.24) is 5.32 Å². The van der Waals surface area contributed by atoms with E-state index in [4.69, 9.17) is 5.11 Å². The first-order chi connectivity index (χ1) is 11.4. The van der Waals surface area contributed by atoms with Crippen LogP contribution >= 0.6 is 65.6 Å². The Balaban J connectivity index is 0.000000609. The third kappa shape index (κ3) is 11.5. The Morgan fingerprint density at radius 1 is 1.12 bits per heavy atom. The maximum Gasteiger partial charge on any atom is 0.416 e. The summed E-state index contributed by atoms with van der Waals surface area (Å²) in [5.74, 6) is -1.03. The lowest BCUT2D eigenvalue weighted by Crippen LogP contribution is -2.35. The Morgan fingerprint density at radius 2 is 1.56 bits per heavy atom. The molecule has 0 amide bonds. The SMILES string of the molecule is CNC(Cc1ccc(C(F)(F)F)cc1)C(=O)O.PP(P)P(P)P(P)P. The molecule has 144 valence electrons. The van der Waals surface area contributed by atoms with Gasteiger partial charge in [0.2, 0.25) is 0 Å². The van der Waals surface area contributed by atoms with Crippen LogP contribution in [0.25, 0.3) is 0 Å². The molecule has 14 heteroatoms. The van der Waals surface area contributed by atoms with Gasteiger partial charge in [-0.05, 0) is 52.1 Å². The predicted molar refractivity (Wildman–Crippen MR) is 125 cm³/mol. The van der Waals surface area contributed by atoms with Gasteiger partial charge in [-0.25, -0.2) is 0 Å².